The summed E-state index contributed by atoms with van der Waals surface area (Å²) in [5.74, 6) is 1.17. The Morgan fingerprint density at radius 3 is 3.05 bits per heavy atom. The monoisotopic (exact) mass is 301 g/mol. The van der Waals surface area contributed by atoms with Gasteiger partial charge < -0.3 is 10.5 Å². The van der Waals surface area contributed by atoms with Crippen molar-refractivity contribution in [3.63, 3.8) is 0 Å². The molecule has 0 spiro atoms. The average Bonchev–Trinajstić information content (AvgIpc) is 3.13. The first kappa shape index (κ1) is 12.7. The Labute approximate surface area is 125 Å². The highest BCUT2D eigenvalue weighted by Crippen LogP contribution is 2.34. The summed E-state index contributed by atoms with van der Waals surface area (Å²) in [7, 11) is 0. The predicted octanol–water partition coefficient (Wildman–Crippen LogP) is 2.25. The predicted molar refractivity (Wildman–Crippen MR) is 81.4 cm³/mol. The van der Waals surface area contributed by atoms with Crippen LogP contribution in [0.1, 0.15) is 23.7 Å². The third-order valence-corrected chi connectivity index (χ3v) is 4.74. The van der Waals surface area contributed by atoms with Crippen LogP contribution < -0.4 is 5.73 Å². The van der Waals surface area contributed by atoms with E-state index in [4.69, 9.17) is 10.5 Å². The number of nitrogen functional groups attached to an aromatic ring is 1. The van der Waals surface area contributed by atoms with E-state index >= 15 is 0 Å². The fraction of sp³-hybridized carbons (Fsp3) is 0.357. The van der Waals surface area contributed by atoms with E-state index in [0.717, 1.165) is 45.6 Å². The second kappa shape index (κ2) is 4.78. The molecule has 0 saturated carbocycles. The number of hydrogen-bond donors (Lipinski definition) is 1. The standard InChI is InChI=1S/C14H15N5OS/c1-8-3-2-4-10(15)11(8)13-18-19-12(9-5-6-20-7-9)16-17-14(19)21-13/h2-4,9H,5-7,15H2,1H3. The van der Waals surface area contributed by atoms with Crippen LogP contribution >= 0.6 is 11.3 Å². The third-order valence-electron chi connectivity index (χ3n) is 3.83. The van der Waals surface area contributed by atoms with Crippen LogP contribution in [0.25, 0.3) is 15.5 Å². The van der Waals surface area contributed by atoms with E-state index in [1.165, 1.54) is 11.3 Å². The number of aromatic nitrogens is 4. The van der Waals surface area contributed by atoms with Gasteiger partial charge in [-0.15, -0.1) is 10.2 Å². The van der Waals surface area contributed by atoms with Crippen LogP contribution in [0.3, 0.4) is 0 Å². The molecule has 21 heavy (non-hydrogen) atoms. The van der Waals surface area contributed by atoms with Gasteiger partial charge >= 0.3 is 0 Å². The molecule has 108 valence electrons. The number of nitrogens with zero attached hydrogens (tertiary/aromatic N) is 4. The number of rotatable bonds is 2. The summed E-state index contributed by atoms with van der Waals surface area (Å²) in [4.78, 5) is 0.801. The van der Waals surface area contributed by atoms with E-state index in [0.29, 0.717) is 6.61 Å². The molecule has 0 radical (unpaired) electrons. The second-order valence-electron chi connectivity index (χ2n) is 5.26. The first-order valence-corrected chi connectivity index (χ1v) is 7.71. The summed E-state index contributed by atoms with van der Waals surface area (Å²) in [5, 5.41) is 14.1. The summed E-state index contributed by atoms with van der Waals surface area (Å²) in [6.45, 7) is 3.52. The van der Waals surface area contributed by atoms with Gasteiger partial charge in [-0.25, -0.2) is 0 Å². The first-order valence-electron chi connectivity index (χ1n) is 6.89. The Kier molecular flexibility index (Phi) is 2.90. The Hall–Kier alpha value is -1.99. The third kappa shape index (κ3) is 2.00. The van der Waals surface area contributed by atoms with Crippen LogP contribution in [0.2, 0.25) is 0 Å². The molecule has 3 heterocycles. The highest BCUT2D eigenvalue weighted by Gasteiger charge is 2.25. The number of anilines is 1. The largest absolute Gasteiger partial charge is 0.398 e. The van der Waals surface area contributed by atoms with E-state index < -0.39 is 0 Å². The van der Waals surface area contributed by atoms with E-state index in [-0.39, 0.29) is 5.92 Å². The molecule has 1 fully saturated rings. The van der Waals surface area contributed by atoms with Crippen LogP contribution in [0.5, 0.6) is 0 Å². The molecule has 1 atom stereocenters. The minimum Gasteiger partial charge on any atom is -0.398 e. The fourth-order valence-corrected chi connectivity index (χ4v) is 3.69. The van der Waals surface area contributed by atoms with E-state index in [9.17, 15) is 0 Å². The van der Waals surface area contributed by atoms with E-state index in [1.807, 2.05) is 29.6 Å². The maximum Gasteiger partial charge on any atom is 0.234 e. The lowest BCUT2D eigenvalue weighted by molar-refractivity contribution is 0.193. The highest BCUT2D eigenvalue weighted by molar-refractivity contribution is 7.19. The van der Waals surface area contributed by atoms with Crippen molar-refractivity contribution in [3.8, 4) is 10.6 Å². The smallest absolute Gasteiger partial charge is 0.234 e. The van der Waals surface area contributed by atoms with Crippen molar-refractivity contribution in [1.29, 1.82) is 0 Å². The zero-order chi connectivity index (χ0) is 14.4. The molecule has 3 aromatic rings. The van der Waals surface area contributed by atoms with Crippen LogP contribution in [0.15, 0.2) is 18.2 Å². The summed E-state index contributed by atoms with van der Waals surface area (Å²) in [6.07, 6.45) is 0.972. The Bertz CT molecular complexity index is 783. The number of fused-ring (bicyclic) bond motifs is 1. The van der Waals surface area contributed by atoms with Crippen LogP contribution in [0.4, 0.5) is 5.69 Å². The summed E-state index contributed by atoms with van der Waals surface area (Å²) < 4.78 is 7.27. The van der Waals surface area contributed by atoms with Gasteiger partial charge in [-0.3, -0.25) is 0 Å². The van der Waals surface area contributed by atoms with Crippen molar-refractivity contribution in [2.75, 3.05) is 18.9 Å². The summed E-state index contributed by atoms with van der Waals surface area (Å²) in [6, 6.07) is 5.89. The van der Waals surface area contributed by atoms with Crippen LogP contribution in [-0.4, -0.2) is 33.0 Å². The maximum absolute atomic E-state index is 6.11. The average molecular weight is 301 g/mol. The lowest BCUT2D eigenvalue weighted by Gasteiger charge is -2.05. The quantitative estimate of drug-likeness (QED) is 0.734. The summed E-state index contributed by atoms with van der Waals surface area (Å²) >= 11 is 1.52. The molecule has 1 aliphatic heterocycles. The topological polar surface area (TPSA) is 78.3 Å². The van der Waals surface area contributed by atoms with Gasteiger partial charge in [0.2, 0.25) is 4.96 Å². The zero-order valence-electron chi connectivity index (χ0n) is 11.6. The molecular formula is C14H15N5OS. The van der Waals surface area contributed by atoms with Crippen molar-refractivity contribution in [3.05, 3.63) is 29.6 Å². The fourth-order valence-electron chi connectivity index (χ4n) is 2.71. The lowest BCUT2D eigenvalue weighted by atomic mass is 10.1. The Balaban J connectivity index is 1.84. The second-order valence-corrected chi connectivity index (χ2v) is 6.22. The minimum absolute atomic E-state index is 0.282. The molecule has 0 amide bonds. The van der Waals surface area contributed by atoms with Crippen molar-refractivity contribution in [1.82, 2.24) is 19.8 Å². The molecule has 0 bridgehead atoms. The SMILES string of the molecule is Cc1cccc(N)c1-c1nn2c(C3CCOC3)nnc2s1. The first-order chi connectivity index (χ1) is 10.2. The molecular weight excluding hydrogens is 286 g/mol. The maximum atomic E-state index is 6.11. The van der Waals surface area contributed by atoms with Gasteiger partial charge in [0.05, 0.1) is 6.61 Å². The summed E-state index contributed by atoms with van der Waals surface area (Å²) in [5.41, 5.74) is 8.95. The molecule has 7 heteroatoms. The highest BCUT2D eigenvalue weighted by atomic mass is 32.1. The number of nitrogens with two attached hydrogens (primary N) is 1. The molecule has 1 aromatic carbocycles. The van der Waals surface area contributed by atoms with E-state index in [2.05, 4.69) is 15.3 Å². The molecule has 6 nitrogen and oxygen atoms in total. The number of hydrogen-bond acceptors (Lipinski definition) is 6. The number of aryl methyl sites for hydroxylation is 1. The van der Waals surface area contributed by atoms with Crippen molar-refractivity contribution in [2.45, 2.75) is 19.3 Å². The molecule has 1 saturated heterocycles. The van der Waals surface area contributed by atoms with Crippen molar-refractivity contribution < 1.29 is 4.74 Å². The van der Waals surface area contributed by atoms with Gasteiger partial charge in [0.1, 0.15) is 5.01 Å². The molecule has 1 aliphatic rings. The van der Waals surface area contributed by atoms with Gasteiger partial charge in [-0.05, 0) is 25.0 Å². The van der Waals surface area contributed by atoms with Crippen LogP contribution in [-0.2, 0) is 4.74 Å². The number of benzene rings is 1. The van der Waals surface area contributed by atoms with Gasteiger partial charge in [0.25, 0.3) is 0 Å². The normalized spacial score (nSPS) is 18.6. The van der Waals surface area contributed by atoms with Crippen molar-refractivity contribution in [2.24, 2.45) is 0 Å². The van der Waals surface area contributed by atoms with Gasteiger partial charge in [0.15, 0.2) is 5.82 Å². The minimum atomic E-state index is 0.282. The zero-order valence-corrected chi connectivity index (χ0v) is 12.4. The molecule has 2 aromatic heterocycles. The molecule has 2 N–H and O–H groups in total. The lowest BCUT2D eigenvalue weighted by Crippen LogP contribution is -2.05. The molecule has 4 rings (SSSR count). The van der Waals surface area contributed by atoms with Crippen molar-refractivity contribution >= 4 is 22.0 Å². The molecule has 1 unspecified atom stereocenters. The van der Waals surface area contributed by atoms with Gasteiger partial charge in [0, 0.05) is 23.8 Å². The Morgan fingerprint density at radius 2 is 2.29 bits per heavy atom. The molecule has 0 aliphatic carbocycles. The van der Waals surface area contributed by atoms with E-state index in [1.54, 1.807) is 0 Å². The Morgan fingerprint density at radius 1 is 1.38 bits per heavy atom. The van der Waals surface area contributed by atoms with Gasteiger partial charge in [-0.1, -0.05) is 23.5 Å². The number of ether oxygens (including phenoxy) is 1. The van der Waals surface area contributed by atoms with Gasteiger partial charge in [-0.2, -0.15) is 9.61 Å². The van der Waals surface area contributed by atoms with Crippen LogP contribution in [0, 0.1) is 6.92 Å².